The van der Waals surface area contributed by atoms with Crippen LogP contribution in [0.4, 0.5) is 17.1 Å². The molecule has 0 amide bonds. The van der Waals surface area contributed by atoms with Gasteiger partial charge in [-0.3, -0.25) is 0 Å². The predicted octanol–water partition coefficient (Wildman–Crippen LogP) is 7.59. The van der Waals surface area contributed by atoms with Gasteiger partial charge in [-0.2, -0.15) is 0 Å². The van der Waals surface area contributed by atoms with E-state index < -0.39 is 0 Å². The first-order valence-corrected chi connectivity index (χ1v) is 8.72. The van der Waals surface area contributed by atoms with Crippen LogP contribution in [-0.4, -0.2) is 0 Å². The van der Waals surface area contributed by atoms with Crippen LogP contribution in [-0.2, 0) is 0 Å². The average Bonchev–Trinajstić information content (AvgIpc) is 2.60. The maximum Gasteiger partial charge on any atom is 0.0832 e. The molecule has 0 spiro atoms. The van der Waals surface area contributed by atoms with Crippen LogP contribution in [0.3, 0.4) is 0 Å². The summed E-state index contributed by atoms with van der Waals surface area (Å²) in [5.74, 6) is 0.368. The van der Waals surface area contributed by atoms with Gasteiger partial charge in [-0.25, -0.2) is 0 Å². The van der Waals surface area contributed by atoms with Crippen LogP contribution in [0.2, 0.25) is 10.0 Å². The van der Waals surface area contributed by atoms with E-state index in [0.717, 1.165) is 22.6 Å². The van der Waals surface area contributed by atoms with E-state index in [1.807, 2.05) is 42.5 Å². The third-order valence-corrected chi connectivity index (χ3v) is 4.76. The summed E-state index contributed by atoms with van der Waals surface area (Å²) in [6.07, 6.45) is 0. The number of nitrogens with zero attached hydrogens (tertiary/aromatic N) is 1. The van der Waals surface area contributed by atoms with E-state index in [0.29, 0.717) is 16.0 Å². The lowest BCUT2D eigenvalue weighted by Gasteiger charge is -2.27. The summed E-state index contributed by atoms with van der Waals surface area (Å²) in [6.45, 7) is 4.30. The third kappa shape index (κ3) is 3.43. The van der Waals surface area contributed by atoms with Crippen LogP contribution in [0.5, 0.6) is 0 Å². The normalized spacial score (nSPS) is 10.9. The standard InChI is InChI=1S/C21H19Cl2N/c1-15(2)16-13-19(22)21(23)20(14-16)24(17-9-5-3-6-10-17)18-11-7-4-8-12-18/h3-15H,1-2H3. The molecule has 0 saturated heterocycles. The fraction of sp³-hybridized carbons (Fsp3) is 0.143. The Morgan fingerprint density at radius 3 is 1.71 bits per heavy atom. The van der Waals surface area contributed by atoms with Gasteiger partial charge in [-0.1, -0.05) is 73.4 Å². The second kappa shape index (κ2) is 7.29. The summed E-state index contributed by atoms with van der Waals surface area (Å²) >= 11 is 13.0. The van der Waals surface area contributed by atoms with Crippen molar-refractivity contribution >= 4 is 40.3 Å². The highest BCUT2D eigenvalue weighted by Gasteiger charge is 2.18. The maximum atomic E-state index is 6.59. The van der Waals surface area contributed by atoms with Crippen molar-refractivity contribution in [3.05, 3.63) is 88.4 Å². The molecule has 3 heteroatoms. The molecule has 0 unspecified atom stereocenters. The molecule has 0 aliphatic heterocycles. The van der Waals surface area contributed by atoms with Gasteiger partial charge in [-0.15, -0.1) is 0 Å². The lowest BCUT2D eigenvalue weighted by atomic mass is 10.0. The quantitative estimate of drug-likeness (QED) is 0.465. The second-order valence-electron chi connectivity index (χ2n) is 6.00. The molecule has 0 saturated carbocycles. The molecule has 122 valence electrons. The van der Waals surface area contributed by atoms with Crippen molar-refractivity contribution in [1.29, 1.82) is 0 Å². The molecule has 1 nitrogen and oxygen atoms in total. The number of para-hydroxylation sites is 2. The van der Waals surface area contributed by atoms with Crippen LogP contribution < -0.4 is 4.90 Å². The van der Waals surface area contributed by atoms with Crippen molar-refractivity contribution in [2.45, 2.75) is 19.8 Å². The lowest BCUT2D eigenvalue weighted by Crippen LogP contribution is -2.11. The van der Waals surface area contributed by atoms with Crippen LogP contribution in [0, 0.1) is 0 Å². The van der Waals surface area contributed by atoms with Gasteiger partial charge < -0.3 is 4.90 Å². The van der Waals surface area contributed by atoms with Crippen molar-refractivity contribution in [1.82, 2.24) is 0 Å². The van der Waals surface area contributed by atoms with E-state index in [1.165, 1.54) is 0 Å². The summed E-state index contributed by atoms with van der Waals surface area (Å²) in [6, 6.07) is 24.4. The zero-order valence-corrected chi connectivity index (χ0v) is 15.2. The average molecular weight is 356 g/mol. The third-order valence-electron chi connectivity index (χ3n) is 3.97. The summed E-state index contributed by atoms with van der Waals surface area (Å²) in [7, 11) is 0. The fourth-order valence-corrected chi connectivity index (χ4v) is 3.09. The highest BCUT2D eigenvalue weighted by Crippen LogP contribution is 2.43. The van der Waals surface area contributed by atoms with Crippen molar-refractivity contribution < 1.29 is 0 Å². The number of hydrogen-bond donors (Lipinski definition) is 0. The SMILES string of the molecule is CC(C)c1cc(Cl)c(Cl)c(N(c2ccccc2)c2ccccc2)c1. The van der Waals surface area contributed by atoms with Gasteiger partial charge in [-0.05, 0) is 47.9 Å². The smallest absolute Gasteiger partial charge is 0.0832 e. The molecule has 0 aliphatic rings. The van der Waals surface area contributed by atoms with Gasteiger partial charge in [0.05, 0.1) is 15.7 Å². The largest absolute Gasteiger partial charge is 0.309 e. The van der Waals surface area contributed by atoms with E-state index in [1.54, 1.807) is 0 Å². The summed E-state index contributed by atoms with van der Waals surface area (Å²) in [5, 5.41) is 1.14. The topological polar surface area (TPSA) is 3.24 Å². The Kier molecular flexibility index (Phi) is 5.13. The first-order valence-electron chi connectivity index (χ1n) is 7.97. The minimum atomic E-state index is 0.368. The highest BCUT2D eigenvalue weighted by molar-refractivity contribution is 6.44. The fourth-order valence-electron chi connectivity index (χ4n) is 2.67. The van der Waals surface area contributed by atoms with Crippen molar-refractivity contribution in [3.63, 3.8) is 0 Å². The summed E-state index contributed by atoms with van der Waals surface area (Å²) in [5.41, 5.74) is 4.15. The molecule has 0 radical (unpaired) electrons. The number of hydrogen-bond acceptors (Lipinski definition) is 1. The van der Waals surface area contributed by atoms with E-state index in [4.69, 9.17) is 23.2 Å². The van der Waals surface area contributed by atoms with Gasteiger partial charge in [0.1, 0.15) is 0 Å². The Hall–Kier alpha value is -1.96. The molecule has 0 bridgehead atoms. The van der Waals surface area contributed by atoms with Gasteiger partial charge in [0.25, 0.3) is 0 Å². The monoisotopic (exact) mass is 355 g/mol. The molecular formula is C21H19Cl2N. The van der Waals surface area contributed by atoms with Gasteiger partial charge in [0, 0.05) is 11.4 Å². The number of anilines is 3. The Bertz CT molecular complexity index is 775. The van der Waals surface area contributed by atoms with Crippen molar-refractivity contribution in [2.75, 3.05) is 4.90 Å². The van der Waals surface area contributed by atoms with Gasteiger partial charge >= 0.3 is 0 Å². The van der Waals surface area contributed by atoms with Crippen LogP contribution in [0.25, 0.3) is 0 Å². The molecule has 3 aromatic rings. The Morgan fingerprint density at radius 2 is 1.25 bits per heavy atom. The van der Waals surface area contributed by atoms with Crippen LogP contribution in [0.15, 0.2) is 72.8 Å². The number of halogens is 2. The molecule has 0 aromatic heterocycles. The first kappa shape index (κ1) is 16.9. The lowest BCUT2D eigenvalue weighted by molar-refractivity contribution is 0.866. The van der Waals surface area contributed by atoms with E-state index >= 15 is 0 Å². The Balaban J connectivity index is 2.24. The maximum absolute atomic E-state index is 6.59. The zero-order chi connectivity index (χ0) is 17.1. The van der Waals surface area contributed by atoms with Crippen LogP contribution >= 0.6 is 23.2 Å². The van der Waals surface area contributed by atoms with E-state index in [2.05, 4.69) is 49.1 Å². The minimum absolute atomic E-state index is 0.368. The number of benzene rings is 3. The molecule has 0 heterocycles. The first-order chi connectivity index (χ1) is 11.6. The predicted molar refractivity (Wildman–Crippen MR) is 105 cm³/mol. The van der Waals surface area contributed by atoms with Gasteiger partial charge in [0.15, 0.2) is 0 Å². The molecule has 3 rings (SSSR count). The van der Waals surface area contributed by atoms with Gasteiger partial charge in [0.2, 0.25) is 0 Å². The molecule has 3 aromatic carbocycles. The molecule has 0 N–H and O–H groups in total. The van der Waals surface area contributed by atoms with E-state index in [-0.39, 0.29) is 0 Å². The molecule has 0 aliphatic carbocycles. The number of rotatable bonds is 4. The second-order valence-corrected chi connectivity index (χ2v) is 6.78. The van der Waals surface area contributed by atoms with Crippen molar-refractivity contribution in [3.8, 4) is 0 Å². The zero-order valence-electron chi connectivity index (χ0n) is 13.7. The Labute approximate surface area is 153 Å². The molecule has 24 heavy (non-hydrogen) atoms. The highest BCUT2D eigenvalue weighted by atomic mass is 35.5. The van der Waals surface area contributed by atoms with Crippen LogP contribution in [0.1, 0.15) is 25.3 Å². The summed E-state index contributed by atoms with van der Waals surface area (Å²) < 4.78 is 0. The van der Waals surface area contributed by atoms with E-state index in [9.17, 15) is 0 Å². The molecular weight excluding hydrogens is 337 g/mol. The minimum Gasteiger partial charge on any atom is -0.309 e. The van der Waals surface area contributed by atoms with Crippen molar-refractivity contribution in [2.24, 2.45) is 0 Å². The Morgan fingerprint density at radius 1 is 0.750 bits per heavy atom. The molecule has 0 fully saturated rings. The molecule has 0 atom stereocenters. The summed E-state index contributed by atoms with van der Waals surface area (Å²) in [4.78, 5) is 2.14.